The van der Waals surface area contributed by atoms with Crippen molar-refractivity contribution >= 4 is 38.3 Å². The van der Waals surface area contributed by atoms with Crippen molar-refractivity contribution in [1.82, 2.24) is 29.1 Å². The number of para-hydroxylation sites is 2. The molecule has 7 nitrogen and oxygen atoms in total. The highest BCUT2D eigenvalue weighted by Gasteiger charge is 2.21. The molecule has 2 aromatic carbocycles. The highest BCUT2D eigenvalue weighted by molar-refractivity contribution is 7.98. The summed E-state index contributed by atoms with van der Waals surface area (Å²) in [6, 6.07) is 19.9. The van der Waals surface area contributed by atoms with Crippen molar-refractivity contribution in [3.05, 3.63) is 100 Å². The quantitative estimate of drug-likeness (QED) is 0.240. The van der Waals surface area contributed by atoms with Crippen LogP contribution in [0.3, 0.4) is 0 Å². The molecule has 6 rings (SSSR count). The van der Waals surface area contributed by atoms with Gasteiger partial charge in [-0.2, -0.15) is 0 Å². The van der Waals surface area contributed by atoms with Gasteiger partial charge in [0.1, 0.15) is 0 Å². The summed E-state index contributed by atoms with van der Waals surface area (Å²) in [7, 11) is 0. The monoisotopic (exact) mass is 524 g/mol. The SMILES string of the molecule is CCc1cccc(CC)c1-n1c(SCc2cc(=O)n3c(n2)sc2ccccc23)nnc1-c1cccnc1. The minimum atomic E-state index is -0.0693. The van der Waals surface area contributed by atoms with Gasteiger partial charge in [-0.1, -0.05) is 67.3 Å². The first-order valence-electron chi connectivity index (χ1n) is 12.2. The predicted molar refractivity (Wildman–Crippen MR) is 150 cm³/mol. The number of hydrogen-bond donors (Lipinski definition) is 0. The van der Waals surface area contributed by atoms with E-state index in [0.717, 1.165) is 51.0 Å². The maximum atomic E-state index is 13.0. The molecular formula is C28H24N6OS2. The van der Waals surface area contributed by atoms with Crippen LogP contribution in [0.25, 0.3) is 32.3 Å². The van der Waals surface area contributed by atoms with Crippen LogP contribution in [0.2, 0.25) is 0 Å². The number of thiazole rings is 1. The van der Waals surface area contributed by atoms with Crippen LogP contribution >= 0.6 is 23.1 Å². The molecule has 4 heterocycles. The molecule has 184 valence electrons. The maximum absolute atomic E-state index is 13.0. The van der Waals surface area contributed by atoms with Crippen LogP contribution in [0.5, 0.6) is 0 Å². The number of hydrogen-bond acceptors (Lipinski definition) is 7. The second-order valence-electron chi connectivity index (χ2n) is 8.58. The van der Waals surface area contributed by atoms with E-state index >= 15 is 0 Å². The van der Waals surface area contributed by atoms with Crippen LogP contribution in [0.4, 0.5) is 0 Å². The van der Waals surface area contributed by atoms with Crippen molar-refractivity contribution < 1.29 is 0 Å². The molecule has 0 atom stereocenters. The Morgan fingerprint density at radius 3 is 2.51 bits per heavy atom. The Kier molecular flexibility index (Phi) is 6.31. The van der Waals surface area contributed by atoms with E-state index in [9.17, 15) is 4.79 Å². The average molecular weight is 525 g/mol. The van der Waals surface area contributed by atoms with Crippen LogP contribution < -0.4 is 5.56 Å². The van der Waals surface area contributed by atoms with Crippen LogP contribution in [-0.2, 0) is 18.6 Å². The highest BCUT2D eigenvalue weighted by Crippen LogP contribution is 2.33. The molecule has 0 unspecified atom stereocenters. The Bertz CT molecular complexity index is 1770. The zero-order chi connectivity index (χ0) is 25.4. The Morgan fingerprint density at radius 2 is 1.76 bits per heavy atom. The Labute approximate surface area is 221 Å². The lowest BCUT2D eigenvalue weighted by Crippen LogP contribution is -2.13. The van der Waals surface area contributed by atoms with Crippen LogP contribution in [0.1, 0.15) is 30.7 Å². The van der Waals surface area contributed by atoms with Gasteiger partial charge in [-0.05, 0) is 48.2 Å². The molecule has 9 heteroatoms. The molecule has 0 spiro atoms. The van der Waals surface area contributed by atoms with Gasteiger partial charge in [-0.25, -0.2) is 4.98 Å². The van der Waals surface area contributed by atoms with E-state index in [0.29, 0.717) is 10.7 Å². The molecule has 37 heavy (non-hydrogen) atoms. The summed E-state index contributed by atoms with van der Waals surface area (Å²) in [5.41, 5.74) is 6.02. The van der Waals surface area contributed by atoms with Crippen molar-refractivity contribution in [3.63, 3.8) is 0 Å². The third kappa shape index (κ3) is 4.24. The van der Waals surface area contributed by atoms with E-state index in [-0.39, 0.29) is 5.56 Å². The lowest BCUT2D eigenvalue weighted by atomic mass is 10.0. The maximum Gasteiger partial charge on any atom is 0.259 e. The van der Waals surface area contributed by atoms with Gasteiger partial charge in [0.05, 0.1) is 21.6 Å². The van der Waals surface area contributed by atoms with Gasteiger partial charge < -0.3 is 0 Å². The molecule has 0 amide bonds. The van der Waals surface area contributed by atoms with E-state index in [1.54, 1.807) is 16.7 Å². The zero-order valence-corrected chi connectivity index (χ0v) is 22.1. The topological polar surface area (TPSA) is 78.0 Å². The van der Waals surface area contributed by atoms with Crippen molar-refractivity contribution in [1.29, 1.82) is 0 Å². The van der Waals surface area contributed by atoms with Gasteiger partial charge in [-0.15, -0.1) is 10.2 Å². The molecule has 4 aromatic heterocycles. The molecular weight excluding hydrogens is 500 g/mol. The molecule has 0 saturated carbocycles. The number of benzene rings is 2. The van der Waals surface area contributed by atoms with E-state index in [1.807, 2.05) is 42.6 Å². The Morgan fingerprint density at radius 1 is 0.946 bits per heavy atom. The third-order valence-corrected chi connectivity index (χ3v) is 8.32. The minimum absolute atomic E-state index is 0.0693. The van der Waals surface area contributed by atoms with E-state index in [1.165, 1.54) is 34.2 Å². The van der Waals surface area contributed by atoms with Crippen LogP contribution in [-0.4, -0.2) is 29.1 Å². The predicted octanol–water partition coefficient (Wildman–Crippen LogP) is 5.97. The number of thioether (sulfide) groups is 1. The van der Waals surface area contributed by atoms with Crippen LogP contribution in [0.15, 0.2) is 83.0 Å². The first kappa shape index (κ1) is 23.6. The fourth-order valence-electron chi connectivity index (χ4n) is 4.58. The van der Waals surface area contributed by atoms with Gasteiger partial charge in [-0.3, -0.25) is 18.7 Å². The van der Waals surface area contributed by atoms with E-state index < -0.39 is 0 Å². The molecule has 6 aromatic rings. The lowest BCUT2D eigenvalue weighted by molar-refractivity contribution is 0.856. The third-order valence-electron chi connectivity index (χ3n) is 6.34. The molecule has 0 aliphatic carbocycles. The summed E-state index contributed by atoms with van der Waals surface area (Å²) < 4.78 is 4.87. The van der Waals surface area contributed by atoms with Gasteiger partial charge in [0.25, 0.3) is 5.56 Å². The zero-order valence-electron chi connectivity index (χ0n) is 20.5. The van der Waals surface area contributed by atoms with Crippen molar-refractivity contribution in [3.8, 4) is 17.1 Å². The number of nitrogens with zero attached hydrogens (tertiary/aromatic N) is 6. The summed E-state index contributed by atoms with van der Waals surface area (Å²) in [5.74, 6) is 1.25. The van der Waals surface area contributed by atoms with E-state index in [4.69, 9.17) is 4.98 Å². The summed E-state index contributed by atoms with van der Waals surface area (Å²) in [5, 5.41) is 9.94. The van der Waals surface area contributed by atoms with Crippen molar-refractivity contribution in [2.75, 3.05) is 0 Å². The summed E-state index contributed by atoms with van der Waals surface area (Å²) in [4.78, 5) is 22.8. The summed E-state index contributed by atoms with van der Waals surface area (Å²) >= 11 is 3.06. The summed E-state index contributed by atoms with van der Waals surface area (Å²) in [6.45, 7) is 4.33. The first-order chi connectivity index (χ1) is 18.2. The lowest BCUT2D eigenvalue weighted by Gasteiger charge is -2.17. The highest BCUT2D eigenvalue weighted by atomic mass is 32.2. The number of rotatable bonds is 7. The Hall–Kier alpha value is -3.82. The second-order valence-corrected chi connectivity index (χ2v) is 10.5. The number of fused-ring (bicyclic) bond motifs is 3. The van der Waals surface area contributed by atoms with Crippen molar-refractivity contribution in [2.24, 2.45) is 0 Å². The molecule has 0 saturated heterocycles. The molecule has 0 N–H and O–H groups in total. The van der Waals surface area contributed by atoms with Gasteiger partial charge >= 0.3 is 0 Å². The van der Waals surface area contributed by atoms with Gasteiger partial charge in [0.2, 0.25) is 0 Å². The molecule has 0 radical (unpaired) electrons. The smallest absolute Gasteiger partial charge is 0.259 e. The second kappa shape index (κ2) is 9.91. The summed E-state index contributed by atoms with van der Waals surface area (Å²) in [6.07, 6.45) is 5.34. The molecule has 0 aliphatic rings. The van der Waals surface area contributed by atoms with Gasteiger partial charge in [0, 0.05) is 29.8 Å². The van der Waals surface area contributed by atoms with Crippen molar-refractivity contribution in [2.45, 2.75) is 37.6 Å². The van der Waals surface area contributed by atoms with Crippen LogP contribution in [0, 0.1) is 0 Å². The number of aryl methyl sites for hydroxylation is 2. The largest absolute Gasteiger partial charge is 0.269 e. The number of pyridine rings is 1. The minimum Gasteiger partial charge on any atom is -0.269 e. The van der Waals surface area contributed by atoms with E-state index in [2.05, 4.69) is 51.8 Å². The molecule has 0 fully saturated rings. The Balaban J connectivity index is 1.44. The first-order valence-corrected chi connectivity index (χ1v) is 14.0. The number of aromatic nitrogens is 6. The molecule has 0 bridgehead atoms. The molecule has 0 aliphatic heterocycles. The normalized spacial score (nSPS) is 11.5. The fraction of sp³-hybridized carbons (Fsp3) is 0.179. The fourth-order valence-corrected chi connectivity index (χ4v) is 6.46. The average Bonchev–Trinajstić information content (AvgIpc) is 3.53. The standard InChI is InChI=1S/C28H24N6OS2/c1-3-18-9-7-10-19(4-2)25(18)34-26(20-11-8-14-29-16-20)31-32-28(34)36-17-21-15-24(35)33-22-12-5-6-13-23(22)37-27(33)30-21/h5-16H,3-4,17H2,1-2H3. The van der Waals surface area contributed by atoms with Gasteiger partial charge in [0.15, 0.2) is 15.9 Å².